The fourth-order valence-corrected chi connectivity index (χ4v) is 1.80. The molecule has 0 atom stereocenters. The molecule has 0 radical (unpaired) electrons. The molecule has 0 aliphatic carbocycles. The standard InChI is InChI=1S/C17H16O3/c1-12(2)14-9-6-10-15(11-14)17(19)20-16(18)13-7-4-3-5-8-13/h3-12H,1-2H3. The van der Waals surface area contributed by atoms with Crippen LogP contribution in [0, 0.1) is 0 Å². The van der Waals surface area contributed by atoms with Crippen LogP contribution in [0.1, 0.15) is 46.0 Å². The molecule has 0 aliphatic heterocycles. The fraction of sp³-hybridized carbons (Fsp3) is 0.176. The van der Waals surface area contributed by atoms with E-state index in [1.165, 1.54) is 0 Å². The Labute approximate surface area is 118 Å². The molecule has 0 amide bonds. The van der Waals surface area contributed by atoms with Crippen molar-refractivity contribution in [3.63, 3.8) is 0 Å². The molecule has 0 fully saturated rings. The number of benzene rings is 2. The van der Waals surface area contributed by atoms with Crippen LogP contribution in [-0.4, -0.2) is 11.9 Å². The lowest BCUT2D eigenvalue weighted by atomic mass is 10.0. The van der Waals surface area contributed by atoms with Crippen LogP contribution < -0.4 is 0 Å². The average molecular weight is 268 g/mol. The number of carbonyl (C=O) groups is 2. The first-order valence-corrected chi connectivity index (χ1v) is 6.49. The minimum atomic E-state index is -0.634. The highest BCUT2D eigenvalue weighted by Gasteiger charge is 2.15. The minimum Gasteiger partial charge on any atom is -0.386 e. The van der Waals surface area contributed by atoms with E-state index in [9.17, 15) is 9.59 Å². The second-order valence-corrected chi connectivity index (χ2v) is 4.82. The molecule has 0 saturated carbocycles. The lowest BCUT2D eigenvalue weighted by Gasteiger charge is -2.07. The molecule has 102 valence electrons. The lowest BCUT2D eigenvalue weighted by Crippen LogP contribution is -2.13. The van der Waals surface area contributed by atoms with Gasteiger partial charge in [-0.25, -0.2) is 9.59 Å². The molecule has 3 heteroatoms. The van der Waals surface area contributed by atoms with E-state index >= 15 is 0 Å². The zero-order chi connectivity index (χ0) is 14.5. The largest absolute Gasteiger partial charge is 0.386 e. The molecule has 2 aromatic carbocycles. The first kappa shape index (κ1) is 14.0. The summed E-state index contributed by atoms with van der Waals surface area (Å²) in [5.74, 6) is -0.945. The maximum Gasteiger partial charge on any atom is 0.346 e. The Morgan fingerprint density at radius 3 is 2.10 bits per heavy atom. The van der Waals surface area contributed by atoms with Crippen LogP contribution in [0.4, 0.5) is 0 Å². The van der Waals surface area contributed by atoms with Crippen molar-refractivity contribution in [1.29, 1.82) is 0 Å². The monoisotopic (exact) mass is 268 g/mol. The van der Waals surface area contributed by atoms with E-state index in [1.54, 1.807) is 48.5 Å². The lowest BCUT2D eigenvalue weighted by molar-refractivity contribution is 0.0397. The summed E-state index contributed by atoms with van der Waals surface area (Å²) in [5.41, 5.74) is 1.79. The van der Waals surface area contributed by atoms with Gasteiger partial charge in [-0.05, 0) is 35.7 Å². The maximum atomic E-state index is 12.0. The molecule has 0 unspecified atom stereocenters. The molecule has 20 heavy (non-hydrogen) atoms. The van der Waals surface area contributed by atoms with Gasteiger partial charge in [0, 0.05) is 0 Å². The Bertz CT molecular complexity index is 615. The van der Waals surface area contributed by atoms with Gasteiger partial charge in [0.05, 0.1) is 11.1 Å². The van der Waals surface area contributed by atoms with Crippen molar-refractivity contribution in [2.24, 2.45) is 0 Å². The van der Waals surface area contributed by atoms with E-state index in [4.69, 9.17) is 4.74 Å². The predicted molar refractivity (Wildman–Crippen MR) is 76.7 cm³/mol. The second kappa shape index (κ2) is 6.15. The van der Waals surface area contributed by atoms with Crippen LogP contribution in [-0.2, 0) is 4.74 Å². The quantitative estimate of drug-likeness (QED) is 0.628. The van der Waals surface area contributed by atoms with E-state index in [-0.39, 0.29) is 0 Å². The maximum absolute atomic E-state index is 12.0. The van der Waals surface area contributed by atoms with Gasteiger partial charge >= 0.3 is 11.9 Å². The van der Waals surface area contributed by atoms with Gasteiger partial charge in [0.1, 0.15) is 0 Å². The van der Waals surface area contributed by atoms with Crippen molar-refractivity contribution < 1.29 is 14.3 Å². The van der Waals surface area contributed by atoms with Gasteiger partial charge in [0.25, 0.3) is 0 Å². The summed E-state index contributed by atoms with van der Waals surface area (Å²) in [6, 6.07) is 15.6. The molecule has 0 heterocycles. The molecule has 0 aliphatic rings. The number of ether oxygens (including phenoxy) is 1. The second-order valence-electron chi connectivity index (χ2n) is 4.82. The van der Waals surface area contributed by atoms with Crippen LogP contribution in [0.15, 0.2) is 54.6 Å². The minimum absolute atomic E-state index is 0.313. The molecule has 0 saturated heterocycles. The van der Waals surface area contributed by atoms with Gasteiger partial charge in [0.15, 0.2) is 0 Å². The predicted octanol–water partition coefficient (Wildman–Crippen LogP) is 3.81. The van der Waals surface area contributed by atoms with Crippen LogP contribution in [0.5, 0.6) is 0 Å². The van der Waals surface area contributed by atoms with Gasteiger partial charge in [-0.2, -0.15) is 0 Å². The van der Waals surface area contributed by atoms with Gasteiger partial charge in [0.2, 0.25) is 0 Å². The van der Waals surface area contributed by atoms with Crippen LogP contribution in [0.3, 0.4) is 0 Å². The first-order valence-electron chi connectivity index (χ1n) is 6.49. The van der Waals surface area contributed by atoms with Crippen molar-refractivity contribution in [1.82, 2.24) is 0 Å². The van der Waals surface area contributed by atoms with Gasteiger partial charge < -0.3 is 4.74 Å². The number of hydrogen-bond acceptors (Lipinski definition) is 3. The van der Waals surface area contributed by atoms with Crippen LogP contribution in [0.25, 0.3) is 0 Å². The van der Waals surface area contributed by atoms with Gasteiger partial charge in [-0.15, -0.1) is 0 Å². The number of esters is 2. The van der Waals surface area contributed by atoms with Gasteiger partial charge in [-0.1, -0.05) is 44.2 Å². The van der Waals surface area contributed by atoms with E-state index in [0.29, 0.717) is 17.0 Å². The summed E-state index contributed by atoms with van der Waals surface area (Å²) < 4.78 is 4.88. The Kier molecular flexibility index (Phi) is 4.31. The summed E-state index contributed by atoms with van der Waals surface area (Å²) in [5, 5.41) is 0. The Morgan fingerprint density at radius 2 is 1.45 bits per heavy atom. The molecule has 0 aromatic heterocycles. The van der Waals surface area contributed by atoms with Crippen LogP contribution >= 0.6 is 0 Å². The normalized spacial score (nSPS) is 10.3. The van der Waals surface area contributed by atoms with E-state index in [2.05, 4.69) is 0 Å². The van der Waals surface area contributed by atoms with Crippen molar-refractivity contribution in [3.8, 4) is 0 Å². The molecule has 0 spiro atoms. The van der Waals surface area contributed by atoms with Crippen molar-refractivity contribution in [2.45, 2.75) is 19.8 Å². The number of rotatable bonds is 3. The smallest absolute Gasteiger partial charge is 0.346 e. The fourth-order valence-electron chi connectivity index (χ4n) is 1.80. The molecular formula is C17H16O3. The first-order chi connectivity index (χ1) is 9.58. The highest BCUT2D eigenvalue weighted by atomic mass is 16.6. The molecule has 3 nitrogen and oxygen atoms in total. The third-order valence-corrected chi connectivity index (χ3v) is 2.98. The van der Waals surface area contributed by atoms with E-state index in [0.717, 1.165) is 5.56 Å². The summed E-state index contributed by atoms with van der Waals surface area (Å²) in [6.45, 7) is 4.08. The molecule has 0 N–H and O–H groups in total. The molecule has 2 aromatic rings. The summed E-state index contributed by atoms with van der Waals surface area (Å²) in [4.78, 5) is 23.8. The molecular weight excluding hydrogens is 252 g/mol. The Balaban J connectivity index is 2.13. The van der Waals surface area contributed by atoms with Gasteiger partial charge in [-0.3, -0.25) is 0 Å². The molecule has 0 bridgehead atoms. The summed E-state index contributed by atoms with van der Waals surface area (Å²) in [6.07, 6.45) is 0. The Morgan fingerprint density at radius 1 is 0.850 bits per heavy atom. The van der Waals surface area contributed by atoms with Crippen molar-refractivity contribution >= 4 is 11.9 Å². The average Bonchev–Trinajstić information content (AvgIpc) is 2.48. The molecule has 2 rings (SSSR count). The highest BCUT2D eigenvalue weighted by molar-refractivity contribution is 6.02. The Hall–Kier alpha value is -2.42. The zero-order valence-electron chi connectivity index (χ0n) is 11.5. The number of carbonyl (C=O) groups excluding carboxylic acids is 2. The zero-order valence-corrected chi connectivity index (χ0v) is 11.5. The van der Waals surface area contributed by atoms with E-state index < -0.39 is 11.9 Å². The SMILES string of the molecule is CC(C)c1cccc(C(=O)OC(=O)c2ccccc2)c1. The van der Waals surface area contributed by atoms with Crippen LogP contribution in [0.2, 0.25) is 0 Å². The summed E-state index contributed by atoms with van der Waals surface area (Å²) in [7, 11) is 0. The topological polar surface area (TPSA) is 43.4 Å². The van der Waals surface area contributed by atoms with E-state index in [1.807, 2.05) is 19.9 Å². The third kappa shape index (κ3) is 3.32. The highest BCUT2D eigenvalue weighted by Crippen LogP contribution is 2.16. The summed E-state index contributed by atoms with van der Waals surface area (Å²) >= 11 is 0. The van der Waals surface area contributed by atoms with Crippen molar-refractivity contribution in [2.75, 3.05) is 0 Å². The van der Waals surface area contributed by atoms with Crippen molar-refractivity contribution in [3.05, 3.63) is 71.3 Å². The third-order valence-electron chi connectivity index (χ3n) is 2.98. The number of hydrogen-bond donors (Lipinski definition) is 0.